The predicted molar refractivity (Wildman–Crippen MR) is 61.4 cm³/mol. The minimum Gasteiger partial charge on any atom is -0.275 e. The summed E-state index contributed by atoms with van der Waals surface area (Å²) >= 11 is 2.75. The van der Waals surface area contributed by atoms with Gasteiger partial charge in [-0.3, -0.25) is 5.43 Å². The summed E-state index contributed by atoms with van der Waals surface area (Å²) in [6.07, 6.45) is -4.82. The Morgan fingerprint density at radius 2 is 1.84 bits per heavy atom. The first-order chi connectivity index (χ1) is 8.79. The molecule has 0 aliphatic heterocycles. The predicted octanol–water partition coefficient (Wildman–Crippen LogP) is 3.42. The normalized spacial score (nSPS) is 10.3. The number of anilines is 1. The first kappa shape index (κ1) is 14.9. The standard InChI is InChI=1S/C10H3BrF4N4/c11-8-2-5(12)1-7(10(13,14)15)9(8)19-18-6(3-16)4-17/h1-2,19H. The molecule has 98 valence electrons. The lowest BCUT2D eigenvalue weighted by Gasteiger charge is -2.13. The van der Waals surface area contributed by atoms with E-state index in [9.17, 15) is 17.6 Å². The van der Waals surface area contributed by atoms with Gasteiger partial charge in [-0.15, -0.1) is 0 Å². The van der Waals surface area contributed by atoms with Crippen molar-refractivity contribution in [1.29, 1.82) is 10.5 Å². The molecular weight excluding hydrogens is 332 g/mol. The number of alkyl halides is 3. The average Bonchev–Trinajstić information content (AvgIpc) is 2.30. The van der Waals surface area contributed by atoms with Gasteiger partial charge in [-0.25, -0.2) is 4.39 Å². The van der Waals surface area contributed by atoms with Crippen LogP contribution in [0.25, 0.3) is 0 Å². The number of benzene rings is 1. The maximum Gasteiger partial charge on any atom is 0.418 e. The Balaban J connectivity index is 3.32. The Morgan fingerprint density at radius 3 is 2.32 bits per heavy atom. The van der Waals surface area contributed by atoms with Gasteiger partial charge in [-0.05, 0) is 28.1 Å². The fourth-order valence-electron chi connectivity index (χ4n) is 1.10. The minimum atomic E-state index is -4.82. The Bertz CT molecular complexity index is 594. The van der Waals surface area contributed by atoms with E-state index in [2.05, 4.69) is 21.0 Å². The van der Waals surface area contributed by atoms with Gasteiger partial charge in [0.1, 0.15) is 18.0 Å². The molecule has 0 heterocycles. The number of rotatable bonds is 2. The lowest BCUT2D eigenvalue weighted by molar-refractivity contribution is -0.137. The van der Waals surface area contributed by atoms with Crippen LogP contribution < -0.4 is 5.43 Å². The molecule has 0 fully saturated rings. The molecule has 0 radical (unpaired) electrons. The van der Waals surface area contributed by atoms with Crippen LogP contribution >= 0.6 is 15.9 Å². The molecule has 0 unspecified atom stereocenters. The maximum atomic E-state index is 13.0. The van der Waals surface area contributed by atoms with Crippen LogP contribution in [0.3, 0.4) is 0 Å². The van der Waals surface area contributed by atoms with Crippen LogP contribution in [0, 0.1) is 28.5 Å². The Morgan fingerprint density at radius 1 is 1.26 bits per heavy atom. The third-order valence-electron chi connectivity index (χ3n) is 1.85. The van der Waals surface area contributed by atoms with Gasteiger partial charge in [0.05, 0.1) is 11.3 Å². The van der Waals surface area contributed by atoms with Gasteiger partial charge < -0.3 is 0 Å². The summed E-state index contributed by atoms with van der Waals surface area (Å²) in [6, 6.07) is 3.81. The molecule has 0 aliphatic carbocycles. The summed E-state index contributed by atoms with van der Waals surface area (Å²) < 4.78 is 50.8. The van der Waals surface area contributed by atoms with Crippen molar-refractivity contribution < 1.29 is 17.6 Å². The van der Waals surface area contributed by atoms with Crippen LogP contribution in [0.15, 0.2) is 21.7 Å². The summed E-state index contributed by atoms with van der Waals surface area (Å²) in [4.78, 5) is 0. The molecule has 4 nitrogen and oxygen atoms in total. The molecule has 0 saturated heterocycles. The average molecular weight is 335 g/mol. The van der Waals surface area contributed by atoms with E-state index in [1.54, 1.807) is 0 Å². The largest absolute Gasteiger partial charge is 0.418 e. The zero-order chi connectivity index (χ0) is 14.6. The van der Waals surface area contributed by atoms with E-state index in [4.69, 9.17) is 10.5 Å². The second-order valence-corrected chi connectivity index (χ2v) is 3.96. The van der Waals surface area contributed by atoms with E-state index in [1.165, 1.54) is 12.1 Å². The lowest BCUT2D eigenvalue weighted by atomic mass is 10.1. The number of hydrogen-bond donors (Lipinski definition) is 1. The molecule has 1 rings (SSSR count). The maximum absolute atomic E-state index is 13.0. The number of halogens is 5. The smallest absolute Gasteiger partial charge is 0.275 e. The molecule has 0 atom stereocenters. The fourth-order valence-corrected chi connectivity index (χ4v) is 1.62. The van der Waals surface area contributed by atoms with Crippen molar-refractivity contribution in [2.75, 3.05) is 5.43 Å². The van der Waals surface area contributed by atoms with E-state index >= 15 is 0 Å². The van der Waals surface area contributed by atoms with Gasteiger partial charge in [0.2, 0.25) is 5.71 Å². The fraction of sp³-hybridized carbons (Fsp3) is 0.100. The monoisotopic (exact) mass is 334 g/mol. The highest BCUT2D eigenvalue weighted by molar-refractivity contribution is 9.10. The van der Waals surface area contributed by atoms with Crippen molar-refractivity contribution in [2.24, 2.45) is 5.10 Å². The SMILES string of the molecule is N#CC(C#N)=NNc1c(Br)cc(F)cc1C(F)(F)F. The summed E-state index contributed by atoms with van der Waals surface area (Å²) in [5.74, 6) is -1.09. The van der Waals surface area contributed by atoms with Gasteiger partial charge in [-0.2, -0.15) is 28.8 Å². The van der Waals surface area contributed by atoms with Gasteiger partial charge in [0.15, 0.2) is 0 Å². The van der Waals surface area contributed by atoms with Crippen LogP contribution in [0.5, 0.6) is 0 Å². The van der Waals surface area contributed by atoms with E-state index in [1.807, 2.05) is 5.43 Å². The number of hydrogen-bond acceptors (Lipinski definition) is 4. The molecular formula is C10H3BrF4N4. The molecule has 1 N–H and O–H groups in total. The highest BCUT2D eigenvalue weighted by Crippen LogP contribution is 2.39. The highest BCUT2D eigenvalue weighted by Gasteiger charge is 2.35. The van der Waals surface area contributed by atoms with Crippen LogP contribution in [0.1, 0.15) is 5.56 Å². The molecule has 0 bridgehead atoms. The van der Waals surface area contributed by atoms with Crippen LogP contribution in [-0.2, 0) is 6.18 Å². The Kier molecular flexibility index (Phi) is 4.46. The summed E-state index contributed by atoms with van der Waals surface area (Å²) in [5.41, 5.74) is -0.629. The zero-order valence-electron chi connectivity index (χ0n) is 8.89. The molecule has 0 saturated carbocycles. The third-order valence-corrected chi connectivity index (χ3v) is 2.48. The van der Waals surface area contributed by atoms with Crippen molar-refractivity contribution in [3.63, 3.8) is 0 Å². The minimum absolute atomic E-state index is 0.237. The molecule has 0 aromatic heterocycles. The summed E-state index contributed by atoms with van der Waals surface area (Å²) in [6.45, 7) is 0. The third kappa shape index (κ3) is 3.66. The van der Waals surface area contributed by atoms with Crippen LogP contribution in [0.2, 0.25) is 0 Å². The van der Waals surface area contributed by atoms with Crippen molar-refractivity contribution in [3.8, 4) is 12.1 Å². The second-order valence-electron chi connectivity index (χ2n) is 3.10. The molecule has 1 aromatic rings. The van der Waals surface area contributed by atoms with Gasteiger partial charge in [-0.1, -0.05) is 0 Å². The van der Waals surface area contributed by atoms with E-state index in [0.717, 1.165) is 6.07 Å². The topological polar surface area (TPSA) is 72.0 Å². The lowest BCUT2D eigenvalue weighted by Crippen LogP contribution is -2.10. The molecule has 1 aromatic carbocycles. The first-order valence-corrected chi connectivity index (χ1v) is 5.29. The van der Waals surface area contributed by atoms with Crippen LogP contribution in [0.4, 0.5) is 23.2 Å². The molecule has 0 spiro atoms. The Hall–Kier alpha value is -2.13. The molecule has 19 heavy (non-hydrogen) atoms. The summed E-state index contributed by atoms with van der Waals surface area (Å²) in [7, 11) is 0. The highest BCUT2D eigenvalue weighted by atomic mass is 79.9. The quantitative estimate of drug-likeness (QED) is 0.511. The zero-order valence-corrected chi connectivity index (χ0v) is 10.5. The van der Waals surface area contributed by atoms with Gasteiger partial charge >= 0.3 is 6.18 Å². The number of nitrogens with zero attached hydrogens (tertiary/aromatic N) is 3. The number of nitrogens with one attached hydrogen (secondary N) is 1. The van der Waals surface area contributed by atoms with E-state index in [0.29, 0.717) is 0 Å². The van der Waals surface area contributed by atoms with Crippen molar-refractivity contribution in [1.82, 2.24) is 0 Å². The van der Waals surface area contributed by atoms with Crippen molar-refractivity contribution in [3.05, 3.63) is 28.0 Å². The first-order valence-electron chi connectivity index (χ1n) is 4.49. The molecule has 9 heteroatoms. The number of hydrazone groups is 1. The Labute approximate surface area is 113 Å². The van der Waals surface area contributed by atoms with Crippen LogP contribution in [-0.4, -0.2) is 5.71 Å². The number of nitriles is 2. The van der Waals surface area contributed by atoms with Crippen molar-refractivity contribution >= 4 is 27.3 Å². The molecule has 0 aliphatic rings. The van der Waals surface area contributed by atoms with Gasteiger partial charge in [0.25, 0.3) is 0 Å². The summed E-state index contributed by atoms with van der Waals surface area (Å²) in [5, 5.41) is 20.0. The molecule has 0 amide bonds. The van der Waals surface area contributed by atoms with E-state index in [-0.39, 0.29) is 10.5 Å². The van der Waals surface area contributed by atoms with Gasteiger partial charge in [0, 0.05) is 4.47 Å². The van der Waals surface area contributed by atoms with Crippen molar-refractivity contribution in [2.45, 2.75) is 6.18 Å². The van der Waals surface area contributed by atoms with E-state index < -0.39 is 29.0 Å². The second kappa shape index (κ2) is 5.67.